The molecule has 0 bridgehead atoms. The maximum atomic E-state index is 13.8. The predicted octanol–water partition coefficient (Wildman–Crippen LogP) is 2.32. The lowest BCUT2D eigenvalue weighted by Crippen LogP contribution is -2.44. The van der Waals surface area contributed by atoms with Gasteiger partial charge < -0.3 is 20.3 Å². The van der Waals surface area contributed by atoms with Crippen molar-refractivity contribution in [1.82, 2.24) is 15.5 Å². The number of alkyl carbamates (subject to hydrolysis) is 1. The molecule has 1 heterocycles. The minimum atomic E-state index is -0.636. The van der Waals surface area contributed by atoms with Crippen LogP contribution in [0.25, 0.3) is 0 Å². The summed E-state index contributed by atoms with van der Waals surface area (Å²) >= 11 is 0. The van der Waals surface area contributed by atoms with Crippen molar-refractivity contribution in [3.05, 3.63) is 35.6 Å². The fourth-order valence-corrected chi connectivity index (χ4v) is 2.93. The van der Waals surface area contributed by atoms with Crippen LogP contribution in [-0.2, 0) is 9.53 Å². The van der Waals surface area contributed by atoms with Crippen molar-refractivity contribution in [2.45, 2.75) is 39.2 Å². The summed E-state index contributed by atoms with van der Waals surface area (Å²) in [7, 11) is 0. The molecule has 8 heteroatoms. The molecule has 0 aliphatic carbocycles. The zero-order valence-electron chi connectivity index (χ0n) is 16.6. The molecule has 1 aliphatic heterocycles. The lowest BCUT2D eigenvalue weighted by atomic mass is 9.96. The zero-order chi connectivity index (χ0) is 20.7. The molecule has 0 spiro atoms. The quantitative estimate of drug-likeness (QED) is 0.804. The third-order valence-electron chi connectivity index (χ3n) is 4.39. The largest absolute Gasteiger partial charge is 0.444 e. The second kappa shape index (κ2) is 9.52. The second-order valence-corrected chi connectivity index (χ2v) is 7.87. The first-order valence-corrected chi connectivity index (χ1v) is 9.43. The van der Waals surface area contributed by atoms with Gasteiger partial charge in [-0.3, -0.25) is 9.59 Å². The van der Waals surface area contributed by atoms with Gasteiger partial charge in [0.1, 0.15) is 11.4 Å². The van der Waals surface area contributed by atoms with Gasteiger partial charge in [0.2, 0.25) is 5.91 Å². The van der Waals surface area contributed by atoms with Crippen LogP contribution >= 0.6 is 0 Å². The number of ether oxygens (including phenoxy) is 1. The van der Waals surface area contributed by atoms with Gasteiger partial charge >= 0.3 is 6.09 Å². The van der Waals surface area contributed by atoms with E-state index in [2.05, 4.69) is 10.6 Å². The maximum absolute atomic E-state index is 13.8. The zero-order valence-corrected chi connectivity index (χ0v) is 16.6. The number of nitrogens with zero attached hydrogens (tertiary/aromatic N) is 1. The number of rotatable bonds is 5. The average Bonchev–Trinajstić information content (AvgIpc) is 2.63. The highest BCUT2D eigenvalue weighted by Crippen LogP contribution is 2.19. The van der Waals surface area contributed by atoms with Gasteiger partial charge in [0.05, 0.1) is 12.1 Å². The Kier molecular flexibility index (Phi) is 7.37. The van der Waals surface area contributed by atoms with E-state index in [-0.39, 0.29) is 29.8 Å². The molecule has 154 valence electrons. The molecular formula is C20H28FN3O4. The number of carbonyl (C=O) groups is 3. The minimum absolute atomic E-state index is 0.0856. The van der Waals surface area contributed by atoms with E-state index in [0.717, 1.165) is 12.8 Å². The van der Waals surface area contributed by atoms with Crippen molar-refractivity contribution in [2.24, 2.45) is 5.92 Å². The molecule has 2 rings (SSSR count). The van der Waals surface area contributed by atoms with Crippen molar-refractivity contribution in [2.75, 3.05) is 26.2 Å². The van der Waals surface area contributed by atoms with E-state index in [1.54, 1.807) is 37.8 Å². The topological polar surface area (TPSA) is 87.7 Å². The van der Waals surface area contributed by atoms with E-state index < -0.39 is 17.5 Å². The summed E-state index contributed by atoms with van der Waals surface area (Å²) in [6.45, 7) is 6.59. The Morgan fingerprint density at radius 2 is 1.79 bits per heavy atom. The molecule has 0 unspecified atom stereocenters. The van der Waals surface area contributed by atoms with Crippen molar-refractivity contribution in [3.8, 4) is 0 Å². The highest BCUT2D eigenvalue weighted by molar-refractivity contribution is 5.94. The Labute approximate surface area is 164 Å². The van der Waals surface area contributed by atoms with E-state index in [4.69, 9.17) is 4.74 Å². The number of halogens is 1. The molecule has 1 saturated heterocycles. The lowest BCUT2D eigenvalue weighted by molar-refractivity contribution is -0.120. The van der Waals surface area contributed by atoms with Crippen LogP contribution in [0.5, 0.6) is 0 Å². The molecule has 0 atom stereocenters. The predicted molar refractivity (Wildman–Crippen MR) is 102 cm³/mol. The van der Waals surface area contributed by atoms with E-state index >= 15 is 0 Å². The molecule has 1 aliphatic rings. The third-order valence-corrected chi connectivity index (χ3v) is 4.39. The molecule has 2 N–H and O–H groups in total. The first kappa shape index (κ1) is 21.7. The van der Waals surface area contributed by atoms with E-state index in [9.17, 15) is 18.8 Å². The van der Waals surface area contributed by atoms with Crippen LogP contribution in [0.15, 0.2) is 24.3 Å². The molecule has 7 nitrogen and oxygen atoms in total. The van der Waals surface area contributed by atoms with Crippen molar-refractivity contribution in [1.29, 1.82) is 0 Å². The van der Waals surface area contributed by atoms with Crippen LogP contribution in [0.3, 0.4) is 0 Å². The minimum Gasteiger partial charge on any atom is -0.444 e. The van der Waals surface area contributed by atoms with Crippen LogP contribution in [0, 0.1) is 11.7 Å². The molecule has 1 aromatic rings. The summed E-state index contributed by atoms with van der Waals surface area (Å²) in [4.78, 5) is 37.4. The summed E-state index contributed by atoms with van der Waals surface area (Å²) in [5, 5.41) is 5.19. The number of amides is 3. The smallest absolute Gasteiger partial charge is 0.408 e. The van der Waals surface area contributed by atoms with Gasteiger partial charge in [0.25, 0.3) is 5.91 Å². The van der Waals surface area contributed by atoms with Crippen molar-refractivity contribution >= 4 is 17.9 Å². The van der Waals surface area contributed by atoms with Gasteiger partial charge in [-0.15, -0.1) is 0 Å². The summed E-state index contributed by atoms with van der Waals surface area (Å²) in [6.07, 6.45) is 0.808. The van der Waals surface area contributed by atoms with Gasteiger partial charge in [0, 0.05) is 19.6 Å². The molecular weight excluding hydrogens is 365 g/mol. The second-order valence-electron chi connectivity index (χ2n) is 7.87. The van der Waals surface area contributed by atoms with E-state index in [1.807, 2.05) is 0 Å². The van der Waals surface area contributed by atoms with Gasteiger partial charge in [-0.1, -0.05) is 12.1 Å². The van der Waals surface area contributed by atoms with Gasteiger partial charge in [-0.2, -0.15) is 0 Å². The van der Waals surface area contributed by atoms with E-state index in [1.165, 1.54) is 12.1 Å². The Balaban J connectivity index is 1.68. The monoisotopic (exact) mass is 393 g/mol. The van der Waals surface area contributed by atoms with E-state index in [0.29, 0.717) is 19.6 Å². The standard InChI is InChI=1S/C20H28FN3O4/c1-20(2,3)28-19(27)23-13-17(25)22-12-14-8-10-24(11-9-14)18(26)15-6-4-5-7-16(15)21/h4-7,14H,8-13H2,1-3H3,(H,22,25)(H,23,27). The van der Waals surface area contributed by atoms with Gasteiger partial charge in [-0.25, -0.2) is 9.18 Å². The maximum Gasteiger partial charge on any atom is 0.408 e. The lowest BCUT2D eigenvalue weighted by Gasteiger charge is -2.32. The molecule has 0 aromatic heterocycles. The average molecular weight is 393 g/mol. The molecule has 0 saturated carbocycles. The number of carbonyl (C=O) groups excluding carboxylic acids is 3. The number of likely N-dealkylation sites (tertiary alicyclic amines) is 1. The Morgan fingerprint density at radius 1 is 1.14 bits per heavy atom. The fourth-order valence-electron chi connectivity index (χ4n) is 2.93. The van der Waals surface area contributed by atoms with Crippen LogP contribution in [0.2, 0.25) is 0 Å². The van der Waals surface area contributed by atoms with Crippen LogP contribution in [-0.4, -0.2) is 54.6 Å². The Hall–Kier alpha value is -2.64. The van der Waals surface area contributed by atoms with Crippen LogP contribution in [0.1, 0.15) is 44.0 Å². The van der Waals surface area contributed by atoms with Gasteiger partial charge in [0.15, 0.2) is 0 Å². The third kappa shape index (κ3) is 6.83. The van der Waals surface area contributed by atoms with Crippen molar-refractivity contribution in [3.63, 3.8) is 0 Å². The summed E-state index contributed by atoms with van der Waals surface area (Å²) in [6, 6.07) is 5.96. The van der Waals surface area contributed by atoms with Crippen molar-refractivity contribution < 1.29 is 23.5 Å². The fraction of sp³-hybridized carbons (Fsp3) is 0.550. The van der Waals surface area contributed by atoms with Crippen LogP contribution < -0.4 is 10.6 Å². The number of hydrogen-bond donors (Lipinski definition) is 2. The Morgan fingerprint density at radius 3 is 2.39 bits per heavy atom. The van der Waals surface area contributed by atoms with Gasteiger partial charge in [-0.05, 0) is 51.7 Å². The number of hydrogen-bond acceptors (Lipinski definition) is 4. The number of nitrogens with one attached hydrogen (secondary N) is 2. The molecule has 0 radical (unpaired) electrons. The highest BCUT2D eigenvalue weighted by Gasteiger charge is 2.25. The highest BCUT2D eigenvalue weighted by atomic mass is 19.1. The summed E-state index contributed by atoms with van der Waals surface area (Å²) in [5.74, 6) is -0.882. The molecule has 1 fully saturated rings. The first-order valence-electron chi connectivity index (χ1n) is 9.43. The molecule has 28 heavy (non-hydrogen) atoms. The first-order chi connectivity index (χ1) is 13.2. The summed E-state index contributed by atoms with van der Waals surface area (Å²) < 4.78 is 18.8. The molecule has 1 aromatic carbocycles. The summed E-state index contributed by atoms with van der Waals surface area (Å²) in [5.41, 5.74) is -0.531. The van der Waals surface area contributed by atoms with Crippen LogP contribution in [0.4, 0.5) is 9.18 Å². The molecule has 3 amide bonds. The SMILES string of the molecule is CC(C)(C)OC(=O)NCC(=O)NCC1CCN(C(=O)c2ccccc2F)CC1. The number of benzene rings is 1. The number of piperidine rings is 1. The Bertz CT molecular complexity index is 710. The normalized spacial score (nSPS) is 15.1.